The van der Waals surface area contributed by atoms with Crippen LogP contribution in [0.4, 0.5) is 0 Å². The van der Waals surface area contributed by atoms with Crippen LogP contribution in [0.1, 0.15) is 6.92 Å². The lowest BCUT2D eigenvalue weighted by Crippen LogP contribution is -2.09. The Kier molecular flexibility index (Phi) is 3.20. The second-order valence-corrected chi connectivity index (χ2v) is 3.14. The van der Waals surface area contributed by atoms with E-state index in [1.165, 1.54) is 6.92 Å². The van der Waals surface area contributed by atoms with E-state index in [0.717, 1.165) is 0 Å². The molecule has 1 aromatic carbocycles. The van der Waals surface area contributed by atoms with Crippen molar-refractivity contribution in [2.24, 2.45) is 0 Å². The van der Waals surface area contributed by atoms with Gasteiger partial charge in [0, 0.05) is 5.02 Å². The molecule has 0 aromatic heterocycles. The lowest BCUT2D eigenvalue weighted by molar-refractivity contribution is -0.000220. The molecule has 12 heavy (non-hydrogen) atoms. The third-order valence-electron chi connectivity index (χ3n) is 1.19. The molecule has 2 nitrogen and oxygen atoms in total. The van der Waals surface area contributed by atoms with Gasteiger partial charge in [-0.2, -0.15) is 0 Å². The predicted octanol–water partition coefficient (Wildman–Crippen LogP) is 2.71. The first kappa shape index (κ1) is 9.65. The van der Waals surface area contributed by atoms with E-state index in [2.05, 4.69) is 0 Å². The van der Waals surface area contributed by atoms with Crippen molar-refractivity contribution >= 4 is 23.2 Å². The molecule has 1 aromatic rings. The SMILES string of the molecule is CC(O)Oc1ccc(Cl)cc1Cl. The van der Waals surface area contributed by atoms with Gasteiger partial charge in [0.2, 0.25) is 0 Å². The van der Waals surface area contributed by atoms with Gasteiger partial charge in [-0.1, -0.05) is 23.2 Å². The number of hydrogen-bond acceptors (Lipinski definition) is 2. The van der Waals surface area contributed by atoms with E-state index in [1.807, 2.05) is 0 Å². The highest BCUT2D eigenvalue weighted by Gasteiger charge is 2.04. The first-order valence-corrected chi connectivity index (χ1v) is 4.15. The molecule has 0 bridgehead atoms. The lowest BCUT2D eigenvalue weighted by Gasteiger charge is -2.09. The molecule has 0 aliphatic rings. The summed E-state index contributed by atoms with van der Waals surface area (Å²) < 4.78 is 4.96. The summed E-state index contributed by atoms with van der Waals surface area (Å²) in [7, 11) is 0. The average Bonchev–Trinajstić information content (AvgIpc) is 1.94. The van der Waals surface area contributed by atoms with Crippen LogP contribution in [0.15, 0.2) is 18.2 Å². The average molecular weight is 207 g/mol. The molecule has 1 rings (SSSR count). The quantitative estimate of drug-likeness (QED) is 0.755. The maximum absolute atomic E-state index is 8.89. The fourth-order valence-corrected chi connectivity index (χ4v) is 1.21. The van der Waals surface area contributed by atoms with E-state index >= 15 is 0 Å². The van der Waals surface area contributed by atoms with E-state index in [-0.39, 0.29) is 0 Å². The minimum Gasteiger partial charge on any atom is -0.464 e. The zero-order valence-corrected chi connectivity index (χ0v) is 7.93. The van der Waals surface area contributed by atoms with Crippen LogP contribution >= 0.6 is 23.2 Å². The smallest absolute Gasteiger partial charge is 0.194 e. The van der Waals surface area contributed by atoms with Crippen molar-refractivity contribution in [2.45, 2.75) is 13.2 Å². The molecular weight excluding hydrogens is 199 g/mol. The topological polar surface area (TPSA) is 29.5 Å². The van der Waals surface area contributed by atoms with Gasteiger partial charge in [0.1, 0.15) is 5.75 Å². The predicted molar refractivity (Wildman–Crippen MR) is 48.8 cm³/mol. The van der Waals surface area contributed by atoms with E-state index in [9.17, 15) is 0 Å². The summed E-state index contributed by atoms with van der Waals surface area (Å²) in [5, 5.41) is 9.82. The van der Waals surface area contributed by atoms with Crippen LogP contribution in [0, 0.1) is 0 Å². The van der Waals surface area contributed by atoms with E-state index in [1.54, 1.807) is 18.2 Å². The number of ether oxygens (including phenoxy) is 1. The van der Waals surface area contributed by atoms with Gasteiger partial charge in [-0.15, -0.1) is 0 Å². The summed E-state index contributed by atoms with van der Waals surface area (Å²) in [6.45, 7) is 1.50. The van der Waals surface area contributed by atoms with Crippen molar-refractivity contribution < 1.29 is 9.84 Å². The Labute approximate surface area is 80.7 Å². The van der Waals surface area contributed by atoms with E-state index < -0.39 is 6.29 Å². The number of rotatable bonds is 2. The summed E-state index contributed by atoms with van der Waals surface area (Å²) in [4.78, 5) is 0. The van der Waals surface area contributed by atoms with Gasteiger partial charge in [0.15, 0.2) is 6.29 Å². The molecule has 0 heterocycles. The Morgan fingerprint density at radius 1 is 1.42 bits per heavy atom. The number of halogens is 2. The Balaban J connectivity index is 2.86. The molecule has 0 aliphatic heterocycles. The Morgan fingerprint density at radius 3 is 2.58 bits per heavy atom. The number of aliphatic hydroxyl groups is 1. The monoisotopic (exact) mass is 206 g/mol. The molecule has 1 unspecified atom stereocenters. The van der Waals surface area contributed by atoms with Gasteiger partial charge < -0.3 is 9.84 Å². The zero-order chi connectivity index (χ0) is 9.14. The molecule has 66 valence electrons. The highest BCUT2D eigenvalue weighted by atomic mass is 35.5. The van der Waals surface area contributed by atoms with Crippen molar-refractivity contribution in [1.82, 2.24) is 0 Å². The Bertz CT molecular complexity index is 274. The standard InChI is InChI=1S/C8H8Cl2O2/c1-5(11)12-8-3-2-6(9)4-7(8)10/h2-5,11H,1H3. The molecular formula is C8H8Cl2O2. The first-order valence-electron chi connectivity index (χ1n) is 3.39. The summed E-state index contributed by atoms with van der Waals surface area (Å²) in [6.07, 6.45) is -0.872. The molecule has 1 N–H and O–H groups in total. The molecule has 0 amide bonds. The van der Waals surface area contributed by atoms with Gasteiger partial charge in [-0.25, -0.2) is 0 Å². The van der Waals surface area contributed by atoms with Crippen molar-refractivity contribution in [2.75, 3.05) is 0 Å². The first-order chi connectivity index (χ1) is 5.59. The molecule has 0 aliphatic carbocycles. The van der Waals surface area contributed by atoms with Gasteiger partial charge in [0.25, 0.3) is 0 Å². The molecule has 0 fully saturated rings. The van der Waals surface area contributed by atoms with Crippen LogP contribution in [0.25, 0.3) is 0 Å². The summed E-state index contributed by atoms with van der Waals surface area (Å²) >= 11 is 11.4. The Hall–Kier alpha value is -0.440. The molecule has 0 saturated heterocycles. The summed E-state index contributed by atoms with van der Waals surface area (Å²) in [5.41, 5.74) is 0. The number of benzene rings is 1. The van der Waals surface area contributed by atoms with Crippen molar-refractivity contribution in [3.8, 4) is 5.75 Å². The normalized spacial score (nSPS) is 12.7. The van der Waals surface area contributed by atoms with E-state index in [0.29, 0.717) is 15.8 Å². The second kappa shape index (κ2) is 3.99. The van der Waals surface area contributed by atoms with Crippen molar-refractivity contribution in [1.29, 1.82) is 0 Å². The van der Waals surface area contributed by atoms with Crippen LogP contribution < -0.4 is 4.74 Å². The second-order valence-electron chi connectivity index (χ2n) is 2.29. The molecule has 0 saturated carbocycles. The zero-order valence-electron chi connectivity index (χ0n) is 6.42. The molecule has 0 radical (unpaired) electrons. The van der Waals surface area contributed by atoms with Crippen LogP contribution in [0.5, 0.6) is 5.75 Å². The summed E-state index contributed by atoms with van der Waals surface area (Å²) in [5.74, 6) is 0.427. The Morgan fingerprint density at radius 2 is 2.08 bits per heavy atom. The van der Waals surface area contributed by atoms with Crippen LogP contribution in [-0.4, -0.2) is 11.4 Å². The summed E-state index contributed by atoms with van der Waals surface area (Å²) in [6, 6.07) is 4.81. The van der Waals surface area contributed by atoms with Gasteiger partial charge in [-0.3, -0.25) is 0 Å². The van der Waals surface area contributed by atoms with Crippen molar-refractivity contribution in [3.63, 3.8) is 0 Å². The largest absolute Gasteiger partial charge is 0.464 e. The van der Waals surface area contributed by atoms with Gasteiger partial charge in [-0.05, 0) is 25.1 Å². The minimum atomic E-state index is -0.872. The maximum Gasteiger partial charge on any atom is 0.194 e. The van der Waals surface area contributed by atoms with Gasteiger partial charge in [0.05, 0.1) is 5.02 Å². The van der Waals surface area contributed by atoms with Crippen LogP contribution in [-0.2, 0) is 0 Å². The maximum atomic E-state index is 8.89. The number of hydrogen-bond donors (Lipinski definition) is 1. The van der Waals surface area contributed by atoms with Crippen LogP contribution in [0.3, 0.4) is 0 Å². The highest BCUT2D eigenvalue weighted by molar-refractivity contribution is 6.35. The number of aliphatic hydroxyl groups excluding tert-OH is 1. The van der Waals surface area contributed by atoms with Crippen molar-refractivity contribution in [3.05, 3.63) is 28.2 Å². The molecule has 1 atom stereocenters. The fourth-order valence-electron chi connectivity index (χ4n) is 0.755. The van der Waals surface area contributed by atoms with E-state index in [4.69, 9.17) is 33.0 Å². The van der Waals surface area contributed by atoms with Gasteiger partial charge >= 0.3 is 0 Å². The molecule has 0 spiro atoms. The van der Waals surface area contributed by atoms with Crippen LogP contribution in [0.2, 0.25) is 10.0 Å². The lowest BCUT2D eigenvalue weighted by atomic mass is 10.3. The third kappa shape index (κ3) is 2.55. The fraction of sp³-hybridized carbons (Fsp3) is 0.250. The third-order valence-corrected chi connectivity index (χ3v) is 1.72. The highest BCUT2D eigenvalue weighted by Crippen LogP contribution is 2.27. The minimum absolute atomic E-state index is 0.392. The molecule has 4 heteroatoms.